The van der Waals surface area contributed by atoms with E-state index in [0.717, 1.165) is 33.7 Å². The lowest BCUT2D eigenvalue weighted by Crippen LogP contribution is -2.00. The van der Waals surface area contributed by atoms with Gasteiger partial charge in [0.2, 0.25) is 0 Å². The Kier molecular flexibility index (Phi) is 5.59. The Balaban J connectivity index is 1.62. The van der Waals surface area contributed by atoms with E-state index >= 15 is 0 Å². The molecule has 0 N–H and O–H groups in total. The lowest BCUT2D eigenvalue weighted by Gasteiger charge is -2.09. The standard InChI is InChI=1S/C22H21N3OS2/c1-3-25-21(20-10-6-8-17-7-4-5-9-19(17)20)23-24-22(25)27-15-16-11-13-18(14-12-16)28(2)26/h4-14H,3,15H2,1-2H3. The summed E-state index contributed by atoms with van der Waals surface area (Å²) in [5.74, 6) is 1.70. The first-order valence-electron chi connectivity index (χ1n) is 9.14. The highest BCUT2D eigenvalue weighted by Crippen LogP contribution is 2.31. The van der Waals surface area contributed by atoms with Crippen LogP contribution in [0.5, 0.6) is 0 Å². The summed E-state index contributed by atoms with van der Waals surface area (Å²) in [5.41, 5.74) is 2.28. The van der Waals surface area contributed by atoms with E-state index in [4.69, 9.17) is 0 Å². The monoisotopic (exact) mass is 407 g/mol. The first-order valence-corrected chi connectivity index (χ1v) is 11.7. The van der Waals surface area contributed by atoms with Gasteiger partial charge in [-0.1, -0.05) is 66.4 Å². The highest BCUT2D eigenvalue weighted by atomic mass is 32.2. The smallest absolute Gasteiger partial charge is 0.191 e. The number of benzene rings is 3. The molecule has 3 aromatic carbocycles. The van der Waals surface area contributed by atoms with E-state index < -0.39 is 10.8 Å². The van der Waals surface area contributed by atoms with Crippen molar-refractivity contribution in [2.45, 2.75) is 29.3 Å². The average molecular weight is 408 g/mol. The maximum Gasteiger partial charge on any atom is 0.191 e. The van der Waals surface area contributed by atoms with Gasteiger partial charge in [-0.3, -0.25) is 4.21 Å². The van der Waals surface area contributed by atoms with Crippen molar-refractivity contribution in [1.29, 1.82) is 0 Å². The fourth-order valence-corrected chi connectivity index (χ4v) is 4.70. The molecule has 0 aliphatic rings. The van der Waals surface area contributed by atoms with Crippen LogP contribution in [0, 0.1) is 0 Å². The Bertz CT molecular complexity index is 1130. The molecule has 0 aliphatic heterocycles. The number of fused-ring (bicyclic) bond motifs is 1. The number of hydrogen-bond acceptors (Lipinski definition) is 4. The Morgan fingerprint density at radius 3 is 2.46 bits per heavy atom. The fraction of sp³-hybridized carbons (Fsp3) is 0.182. The van der Waals surface area contributed by atoms with Gasteiger partial charge in [0.1, 0.15) is 0 Å². The summed E-state index contributed by atoms with van der Waals surface area (Å²) in [6.07, 6.45) is 1.70. The molecule has 0 spiro atoms. The Morgan fingerprint density at radius 1 is 0.964 bits per heavy atom. The van der Waals surface area contributed by atoms with Crippen molar-refractivity contribution in [3.8, 4) is 11.4 Å². The minimum Gasteiger partial charge on any atom is -0.302 e. The second-order valence-corrected chi connectivity index (χ2v) is 8.79. The summed E-state index contributed by atoms with van der Waals surface area (Å²) < 4.78 is 13.7. The molecule has 4 aromatic rings. The molecule has 0 amide bonds. The van der Waals surface area contributed by atoms with Crippen molar-refractivity contribution >= 4 is 33.3 Å². The fourth-order valence-electron chi connectivity index (χ4n) is 3.23. The molecule has 0 aliphatic carbocycles. The van der Waals surface area contributed by atoms with Crippen LogP contribution in [0.4, 0.5) is 0 Å². The lowest BCUT2D eigenvalue weighted by atomic mass is 10.0. The third kappa shape index (κ3) is 3.75. The van der Waals surface area contributed by atoms with E-state index in [-0.39, 0.29) is 0 Å². The lowest BCUT2D eigenvalue weighted by molar-refractivity contribution is 0.686. The second kappa shape index (κ2) is 8.29. The number of rotatable bonds is 6. The largest absolute Gasteiger partial charge is 0.302 e. The molecule has 0 saturated carbocycles. The van der Waals surface area contributed by atoms with Gasteiger partial charge in [-0.2, -0.15) is 0 Å². The topological polar surface area (TPSA) is 47.8 Å². The van der Waals surface area contributed by atoms with Crippen LogP contribution in [0.25, 0.3) is 22.2 Å². The molecule has 1 unspecified atom stereocenters. The summed E-state index contributed by atoms with van der Waals surface area (Å²) >= 11 is 1.67. The van der Waals surface area contributed by atoms with Gasteiger partial charge >= 0.3 is 0 Å². The van der Waals surface area contributed by atoms with Gasteiger partial charge in [-0.05, 0) is 35.4 Å². The first kappa shape index (κ1) is 18.9. The maximum atomic E-state index is 11.5. The Labute approximate surface area is 171 Å². The Hall–Kier alpha value is -2.44. The Morgan fingerprint density at radius 2 is 1.71 bits per heavy atom. The minimum absolute atomic E-state index is 0.796. The van der Waals surface area contributed by atoms with E-state index in [1.807, 2.05) is 24.3 Å². The summed E-state index contributed by atoms with van der Waals surface area (Å²) in [4.78, 5) is 0.851. The van der Waals surface area contributed by atoms with Crippen molar-refractivity contribution in [3.05, 3.63) is 72.3 Å². The normalized spacial score (nSPS) is 12.4. The zero-order valence-electron chi connectivity index (χ0n) is 15.8. The van der Waals surface area contributed by atoms with E-state index in [1.165, 1.54) is 16.3 Å². The summed E-state index contributed by atoms with van der Waals surface area (Å²) in [6.45, 7) is 2.93. The molecule has 1 atom stereocenters. The van der Waals surface area contributed by atoms with Gasteiger partial charge in [0, 0.05) is 39.8 Å². The first-order chi connectivity index (χ1) is 13.7. The highest BCUT2D eigenvalue weighted by Gasteiger charge is 2.15. The van der Waals surface area contributed by atoms with Gasteiger partial charge in [-0.25, -0.2) is 0 Å². The van der Waals surface area contributed by atoms with Crippen molar-refractivity contribution < 1.29 is 4.21 Å². The maximum absolute atomic E-state index is 11.5. The number of thioether (sulfide) groups is 1. The van der Waals surface area contributed by atoms with Crippen LogP contribution >= 0.6 is 11.8 Å². The molecule has 1 heterocycles. The number of hydrogen-bond donors (Lipinski definition) is 0. The predicted molar refractivity (Wildman–Crippen MR) is 117 cm³/mol. The number of nitrogens with zero attached hydrogens (tertiary/aromatic N) is 3. The zero-order valence-corrected chi connectivity index (χ0v) is 17.5. The van der Waals surface area contributed by atoms with Crippen LogP contribution in [0.1, 0.15) is 12.5 Å². The van der Waals surface area contributed by atoms with Crippen molar-refractivity contribution in [2.24, 2.45) is 0 Å². The van der Waals surface area contributed by atoms with Crippen molar-refractivity contribution in [2.75, 3.05) is 6.26 Å². The second-order valence-electron chi connectivity index (χ2n) is 6.46. The summed E-state index contributed by atoms with van der Waals surface area (Å²) in [5, 5.41) is 12.3. The molecule has 1 aromatic heterocycles. The van der Waals surface area contributed by atoms with Crippen LogP contribution in [-0.4, -0.2) is 25.2 Å². The molecule has 4 nitrogen and oxygen atoms in total. The van der Waals surface area contributed by atoms with Crippen molar-refractivity contribution in [1.82, 2.24) is 14.8 Å². The molecule has 4 rings (SSSR count). The van der Waals surface area contributed by atoms with Crippen LogP contribution < -0.4 is 0 Å². The van der Waals surface area contributed by atoms with Gasteiger partial charge in [0.25, 0.3) is 0 Å². The van der Waals surface area contributed by atoms with Crippen LogP contribution in [0.3, 0.4) is 0 Å². The van der Waals surface area contributed by atoms with E-state index in [2.05, 4.69) is 64.2 Å². The molecule has 28 heavy (non-hydrogen) atoms. The summed E-state index contributed by atoms with van der Waals surface area (Å²) in [6, 6.07) is 22.6. The number of aromatic nitrogens is 3. The van der Waals surface area contributed by atoms with E-state index in [0.29, 0.717) is 0 Å². The minimum atomic E-state index is -0.945. The molecule has 142 valence electrons. The molecular weight excluding hydrogens is 386 g/mol. The predicted octanol–water partition coefficient (Wildman–Crippen LogP) is 5.15. The third-order valence-corrected chi connectivity index (χ3v) is 6.66. The van der Waals surface area contributed by atoms with E-state index in [9.17, 15) is 4.21 Å². The molecule has 0 bridgehead atoms. The highest BCUT2D eigenvalue weighted by molar-refractivity contribution is 7.98. The molecular formula is C22H21N3OS2. The third-order valence-electron chi connectivity index (χ3n) is 4.69. The van der Waals surface area contributed by atoms with Crippen LogP contribution in [-0.2, 0) is 23.1 Å². The van der Waals surface area contributed by atoms with Gasteiger partial charge in [0.15, 0.2) is 11.0 Å². The SMILES string of the molecule is CCn1c(SCc2ccc(S(C)=O)cc2)nnc1-c1cccc2ccccc12. The zero-order chi connectivity index (χ0) is 19.5. The van der Waals surface area contributed by atoms with Crippen LogP contribution in [0.2, 0.25) is 0 Å². The van der Waals surface area contributed by atoms with Gasteiger partial charge in [0.05, 0.1) is 0 Å². The molecule has 0 radical (unpaired) electrons. The average Bonchev–Trinajstić information content (AvgIpc) is 3.14. The molecule has 6 heteroatoms. The quantitative estimate of drug-likeness (QED) is 0.415. The molecule has 0 fully saturated rings. The van der Waals surface area contributed by atoms with Gasteiger partial charge < -0.3 is 4.57 Å². The van der Waals surface area contributed by atoms with Crippen LogP contribution in [0.15, 0.2) is 76.8 Å². The van der Waals surface area contributed by atoms with Gasteiger partial charge in [-0.15, -0.1) is 10.2 Å². The molecule has 0 saturated heterocycles. The summed E-state index contributed by atoms with van der Waals surface area (Å²) in [7, 11) is -0.945. The van der Waals surface area contributed by atoms with E-state index in [1.54, 1.807) is 18.0 Å². The van der Waals surface area contributed by atoms with Crippen molar-refractivity contribution in [3.63, 3.8) is 0 Å².